The predicted molar refractivity (Wildman–Crippen MR) is 97.3 cm³/mol. The van der Waals surface area contributed by atoms with Gasteiger partial charge in [0.1, 0.15) is 0 Å². The third kappa shape index (κ3) is 38.2. The third-order valence-corrected chi connectivity index (χ3v) is 1.67. The van der Waals surface area contributed by atoms with Crippen LogP contribution >= 0.6 is 0 Å². The molecule has 1 rings (SSSR count). The van der Waals surface area contributed by atoms with Crippen molar-refractivity contribution in [2.75, 3.05) is 0 Å². The highest BCUT2D eigenvalue weighted by Crippen LogP contribution is 2.00. The van der Waals surface area contributed by atoms with Gasteiger partial charge in [-0.15, -0.1) is 0 Å². The van der Waals surface area contributed by atoms with Crippen LogP contribution in [0.5, 0.6) is 0 Å². The topological polar surface area (TPSA) is 0 Å². The first kappa shape index (κ1) is 30.9. The Bertz CT molecular complexity index is 182. The van der Waals surface area contributed by atoms with Crippen molar-refractivity contribution in [1.82, 2.24) is 0 Å². The van der Waals surface area contributed by atoms with Gasteiger partial charge in [0.15, 0.2) is 0 Å². The maximum Gasteiger partial charge on any atom is -0.0398 e. The molecule has 0 nitrogen and oxygen atoms in total. The minimum absolute atomic E-state index is 0. The van der Waals surface area contributed by atoms with Crippen LogP contribution in [-0.4, -0.2) is 0 Å². The molecule has 0 fully saturated rings. The molecule has 0 spiro atoms. The van der Waals surface area contributed by atoms with E-state index < -0.39 is 0 Å². The van der Waals surface area contributed by atoms with Gasteiger partial charge in [0, 0.05) is 0 Å². The summed E-state index contributed by atoms with van der Waals surface area (Å²) >= 11 is 0. The van der Waals surface area contributed by atoms with E-state index in [9.17, 15) is 0 Å². The van der Waals surface area contributed by atoms with Gasteiger partial charge in [-0.05, 0) is 13.8 Å². The fourth-order valence-corrected chi connectivity index (χ4v) is 0.807. The molecule has 0 heterocycles. The molecule has 1 aromatic rings. The van der Waals surface area contributed by atoms with Gasteiger partial charge in [0.25, 0.3) is 0 Å². The molecule has 1 aromatic carbocycles. The second-order valence-electron chi connectivity index (χ2n) is 3.16. The van der Waals surface area contributed by atoms with Crippen LogP contribution in [0, 0.1) is 13.8 Å². The van der Waals surface area contributed by atoms with Gasteiger partial charge >= 0.3 is 0 Å². The van der Waals surface area contributed by atoms with Crippen molar-refractivity contribution in [3.8, 4) is 0 Å². The fraction of sp³-hybridized carbons (Fsp3) is 0.684. The highest BCUT2D eigenvalue weighted by atomic mass is 13.9. The molecule has 0 unspecified atom stereocenters. The Morgan fingerprint density at radius 3 is 1.05 bits per heavy atom. The zero-order chi connectivity index (χ0) is 15.4. The van der Waals surface area contributed by atoms with Crippen LogP contribution in [0.4, 0.5) is 0 Å². The molecule has 118 valence electrons. The molecule has 0 N–H and O–H groups in total. The molecule has 0 aliphatic heterocycles. The van der Waals surface area contributed by atoms with E-state index in [1.54, 1.807) is 0 Å². The van der Waals surface area contributed by atoms with Crippen LogP contribution in [-0.2, 0) is 0 Å². The Morgan fingerprint density at radius 2 is 0.947 bits per heavy atom. The van der Waals surface area contributed by atoms with Crippen molar-refractivity contribution in [1.29, 1.82) is 0 Å². The van der Waals surface area contributed by atoms with Gasteiger partial charge < -0.3 is 0 Å². The lowest BCUT2D eigenvalue weighted by Gasteiger charge is -1.90. The van der Waals surface area contributed by atoms with Crippen LogP contribution in [0.2, 0.25) is 0 Å². The van der Waals surface area contributed by atoms with Crippen molar-refractivity contribution in [3.05, 3.63) is 35.4 Å². The fourth-order valence-electron chi connectivity index (χ4n) is 0.807. The lowest BCUT2D eigenvalue weighted by molar-refractivity contribution is 0.886. The highest BCUT2D eigenvalue weighted by Gasteiger charge is 1.80. The van der Waals surface area contributed by atoms with E-state index in [1.807, 2.05) is 41.5 Å². The summed E-state index contributed by atoms with van der Waals surface area (Å²) < 4.78 is 0. The van der Waals surface area contributed by atoms with E-state index >= 15 is 0 Å². The van der Waals surface area contributed by atoms with Crippen molar-refractivity contribution >= 4 is 0 Å². The minimum atomic E-state index is 0. The van der Waals surface area contributed by atoms with Gasteiger partial charge in [0.05, 0.1) is 0 Å². The summed E-state index contributed by atoms with van der Waals surface area (Å²) in [5, 5.41) is 0. The number of hydrogen-bond acceptors (Lipinski definition) is 0. The Kier molecular flexibility index (Phi) is 58.6. The van der Waals surface area contributed by atoms with Crippen LogP contribution < -0.4 is 0 Å². The first-order chi connectivity index (χ1) is 8.70. The Morgan fingerprint density at radius 1 is 0.684 bits per heavy atom. The van der Waals surface area contributed by atoms with Gasteiger partial charge in [-0.1, -0.05) is 111 Å². The average molecular weight is 271 g/mol. The molecule has 0 aromatic heterocycles. The molecule has 0 amide bonds. The number of unbranched alkanes of at least 4 members (excludes halogenated alkanes) is 1. The van der Waals surface area contributed by atoms with E-state index in [-0.39, 0.29) is 7.43 Å². The van der Waals surface area contributed by atoms with E-state index in [1.165, 1.54) is 24.0 Å². The van der Waals surface area contributed by atoms with Crippen LogP contribution in [0.3, 0.4) is 0 Å². The Balaban J connectivity index is -0.0000000515. The number of rotatable bonds is 1. The number of hydrogen-bond donors (Lipinski definition) is 0. The molecule has 0 atom stereocenters. The van der Waals surface area contributed by atoms with Gasteiger partial charge in [-0.2, -0.15) is 0 Å². The van der Waals surface area contributed by atoms with Crippen LogP contribution in [0.25, 0.3) is 0 Å². The van der Waals surface area contributed by atoms with Crippen LogP contribution in [0.1, 0.15) is 86.8 Å². The smallest absolute Gasteiger partial charge is 0.0398 e. The quantitative estimate of drug-likeness (QED) is 0.488. The first-order valence-electron chi connectivity index (χ1n) is 7.74. The maximum atomic E-state index is 2.18. The van der Waals surface area contributed by atoms with Gasteiger partial charge in [0.2, 0.25) is 0 Å². The molecule has 0 aliphatic rings. The van der Waals surface area contributed by atoms with E-state index in [0.29, 0.717) is 0 Å². The number of aryl methyl sites for hydroxylation is 2. The largest absolute Gasteiger partial charge is 0.0776 e. The molecule has 0 bridgehead atoms. The Labute approximate surface area is 125 Å². The monoisotopic (exact) mass is 270 g/mol. The minimum Gasteiger partial charge on any atom is -0.0776 e. The Hall–Kier alpha value is -0.780. The zero-order valence-electron chi connectivity index (χ0n) is 14.7. The second kappa shape index (κ2) is 36.0. The zero-order valence-corrected chi connectivity index (χ0v) is 14.7. The van der Waals surface area contributed by atoms with Gasteiger partial charge in [-0.25, -0.2) is 0 Å². The summed E-state index contributed by atoms with van der Waals surface area (Å²) in [6, 6.07) is 8.45. The summed E-state index contributed by atoms with van der Waals surface area (Å²) in [5.74, 6) is 0. The molecule has 0 aliphatic carbocycles. The van der Waals surface area contributed by atoms with Gasteiger partial charge in [-0.3, -0.25) is 0 Å². The summed E-state index contributed by atoms with van der Waals surface area (Å²) in [4.78, 5) is 0. The summed E-state index contributed by atoms with van der Waals surface area (Å²) in [6.07, 6.45) is 2.64. The lowest BCUT2D eigenvalue weighted by atomic mass is 10.2. The maximum absolute atomic E-state index is 2.18. The summed E-state index contributed by atoms with van der Waals surface area (Å²) in [5.41, 5.74) is 2.68. The SMILES string of the molecule is C.CC.CC.CC.CCCC.Cc1cccc(C)c1. The standard InChI is InChI=1S/C8H10.C4H10.3C2H6.CH4/c1-7-4-3-5-8(2)6-7;1-3-4-2;3*1-2;/h3-6H,1-2H3;3-4H2,1-2H3;3*1-2H3;1H4. The van der Waals surface area contributed by atoms with Crippen molar-refractivity contribution in [2.24, 2.45) is 0 Å². The molecule has 0 saturated carbocycles. The van der Waals surface area contributed by atoms with Crippen molar-refractivity contribution in [2.45, 2.75) is 89.5 Å². The molecule has 0 heteroatoms. The molecule has 0 radical (unpaired) electrons. The normalized spacial score (nSPS) is 6.42. The average Bonchev–Trinajstić information content (AvgIpc) is 2.45. The molecular weight excluding hydrogens is 228 g/mol. The van der Waals surface area contributed by atoms with Crippen molar-refractivity contribution in [3.63, 3.8) is 0 Å². The van der Waals surface area contributed by atoms with Crippen molar-refractivity contribution < 1.29 is 0 Å². The summed E-state index contributed by atoms with van der Waals surface area (Å²) in [6.45, 7) is 20.6. The third-order valence-electron chi connectivity index (χ3n) is 1.67. The second-order valence-corrected chi connectivity index (χ2v) is 3.16. The number of benzene rings is 1. The highest BCUT2D eigenvalue weighted by molar-refractivity contribution is 5.20. The van der Waals surface area contributed by atoms with E-state index in [2.05, 4.69) is 52.0 Å². The van der Waals surface area contributed by atoms with E-state index in [0.717, 1.165) is 0 Å². The summed E-state index contributed by atoms with van der Waals surface area (Å²) in [7, 11) is 0. The molecule has 19 heavy (non-hydrogen) atoms. The molecule has 0 saturated heterocycles. The molecular formula is C19H42. The van der Waals surface area contributed by atoms with Crippen LogP contribution in [0.15, 0.2) is 24.3 Å². The first-order valence-corrected chi connectivity index (χ1v) is 7.74. The predicted octanol–water partition coefficient (Wildman–Crippen LogP) is 7.82. The lowest BCUT2D eigenvalue weighted by Crippen LogP contribution is -1.71. The van der Waals surface area contributed by atoms with E-state index in [4.69, 9.17) is 0 Å².